The Hall–Kier alpha value is -1.41. The number of ether oxygens (including phenoxy) is 2. The SMILES string of the molecule is CCOC(CC)N1CCN(CC2CCOC2)C1=N[N+](=O)[O-]. The van der Waals surface area contributed by atoms with Crippen LogP contribution in [0, 0.1) is 16.0 Å². The molecule has 0 saturated carbocycles. The molecule has 0 bridgehead atoms. The Morgan fingerprint density at radius 1 is 1.52 bits per heavy atom. The Kier molecular flexibility index (Phi) is 5.75. The fourth-order valence-corrected chi connectivity index (χ4v) is 2.91. The van der Waals surface area contributed by atoms with Crippen molar-refractivity contribution in [3.63, 3.8) is 0 Å². The average Bonchev–Trinajstić information content (AvgIpc) is 3.08. The van der Waals surface area contributed by atoms with Gasteiger partial charge in [-0.25, -0.2) is 10.1 Å². The lowest BCUT2D eigenvalue weighted by Gasteiger charge is -2.28. The highest BCUT2D eigenvalue weighted by Gasteiger charge is 2.35. The first-order valence-corrected chi connectivity index (χ1v) is 7.59. The van der Waals surface area contributed by atoms with Gasteiger partial charge in [0.05, 0.1) is 6.61 Å². The number of hydrogen-bond acceptors (Lipinski definition) is 4. The molecule has 120 valence electrons. The van der Waals surface area contributed by atoms with Crippen molar-refractivity contribution < 1.29 is 14.5 Å². The van der Waals surface area contributed by atoms with E-state index in [1.54, 1.807) is 0 Å². The van der Waals surface area contributed by atoms with Crippen molar-refractivity contribution in [2.24, 2.45) is 11.0 Å². The summed E-state index contributed by atoms with van der Waals surface area (Å²) >= 11 is 0. The molecule has 2 rings (SSSR count). The molecule has 0 spiro atoms. The van der Waals surface area contributed by atoms with E-state index < -0.39 is 5.03 Å². The second-order valence-corrected chi connectivity index (χ2v) is 5.33. The van der Waals surface area contributed by atoms with Crippen LogP contribution in [0.4, 0.5) is 0 Å². The van der Waals surface area contributed by atoms with Crippen LogP contribution in [-0.4, -0.2) is 66.5 Å². The van der Waals surface area contributed by atoms with Crippen LogP contribution in [0.3, 0.4) is 0 Å². The normalized spacial score (nSPS) is 25.8. The van der Waals surface area contributed by atoms with E-state index in [9.17, 15) is 10.1 Å². The fraction of sp³-hybridized carbons (Fsp3) is 0.923. The van der Waals surface area contributed by atoms with E-state index in [0.717, 1.165) is 39.1 Å². The molecule has 2 aliphatic rings. The third kappa shape index (κ3) is 4.04. The maximum atomic E-state index is 10.9. The molecule has 0 aromatic carbocycles. The lowest BCUT2D eigenvalue weighted by Crippen LogP contribution is -2.43. The number of nitro groups is 1. The maximum absolute atomic E-state index is 10.9. The lowest BCUT2D eigenvalue weighted by molar-refractivity contribution is -0.486. The standard InChI is InChI=1S/C13H24N4O4/c1-3-12(21-4-2)16-7-6-15(13(16)14-17(18)19)9-11-5-8-20-10-11/h11-12H,3-10H2,1-2H3. The third-order valence-corrected chi connectivity index (χ3v) is 3.88. The van der Waals surface area contributed by atoms with Crippen LogP contribution in [0.15, 0.2) is 5.10 Å². The minimum absolute atomic E-state index is 0.154. The van der Waals surface area contributed by atoms with Gasteiger partial charge in [0, 0.05) is 38.8 Å². The predicted molar refractivity (Wildman–Crippen MR) is 77.3 cm³/mol. The summed E-state index contributed by atoms with van der Waals surface area (Å²) in [5.74, 6) is 0.848. The fourth-order valence-electron chi connectivity index (χ4n) is 2.91. The molecule has 2 heterocycles. The van der Waals surface area contributed by atoms with Crippen molar-refractivity contribution >= 4 is 5.96 Å². The summed E-state index contributed by atoms with van der Waals surface area (Å²) < 4.78 is 11.1. The summed E-state index contributed by atoms with van der Waals surface area (Å²) in [6.45, 7) is 8.23. The lowest BCUT2D eigenvalue weighted by atomic mass is 10.1. The largest absolute Gasteiger partial charge is 0.381 e. The number of hydrogen-bond donors (Lipinski definition) is 0. The zero-order valence-corrected chi connectivity index (χ0v) is 12.7. The van der Waals surface area contributed by atoms with Gasteiger partial charge in [0.15, 0.2) is 5.03 Å². The van der Waals surface area contributed by atoms with Gasteiger partial charge in [-0.05, 0) is 19.8 Å². The number of rotatable bonds is 7. The second kappa shape index (κ2) is 7.56. The van der Waals surface area contributed by atoms with E-state index in [4.69, 9.17) is 9.47 Å². The van der Waals surface area contributed by atoms with Gasteiger partial charge in [-0.3, -0.25) is 0 Å². The van der Waals surface area contributed by atoms with Gasteiger partial charge in [-0.2, -0.15) is 0 Å². The predicted octanol–water partition coefficient (Wildman–Crippen LogP) is 0.961. The summed E-state index contributed by atoms with van der Waals surface area (Å²) in [5, 5.41) is 13.8. The molecule has 2 aliphatic heterocycles. The van der Waals surface area contributed by atoms with Crippen LogP contribution in [0.25, 0.3) is 0 Å². The number of hydrazone groups is 1. The summed E-state index contributed by atoms with van der Waals surface area (Å²) in [6.07, 6.45) is 1.62. The molecule has 2 fully saturated rings. The quantitative estimate of drug-likeness (QED) is 0.514. The highest BCUT2D eigenvalue weighted by molar-refractivity contribution is 5.81. The van der Waals surface area contributed by atoms with E-state index >= 15 is 0 Å². The van der Waals surface area contributed by atoms with Gasteiger partial charge in [0.1, 0.15) is 11.3 Å². The Bertz CT molecular complexity index is 384. The molecule has 0 aliphatic carbocycles. The maximum Gasteiger partial charge on any atom is 0.276 e. The Balaban J connectivity index is 2.09. The zero-order valence-electron chi connectivity index (χ0n) is 12.7. The van der Waals surface area contributed by atoms with Crippen molar-refractivity contribution in [1.29, 1.82) is 0 Å². The summed E-state index contributed by atoms with van der Waals surface area (Å²) in [5.41, 5.74) is 0. The van der Waals surface area contributed by atoms with E-state index in [1.165, 1.54) is 0 Å². The monoisotopic (exact) mass is 300 g/mol. The Morgan fingerprint density at radius 2 is 2.33 bits per heavy atom. The molecule has 8 heteroatoms. The van der Waals surface area contributed by atoms with Crippen LogP contribution in [0.2, 0.25) is 0 Å². The van der Waals surface area contributed by atoms with Gasteiger partial charge in [-0.15, -0.1) is 0 Å². The first-order chi connectivity index (χ1) is 10.2. The molecular weight excluding hydrogens is 276 g/mol. The van der Waals surface area contributed by atoms with E-state index in [1.807, 2.05) is 23.6 Å². The number of nitrogens with zero attached hydrogens (tertiary/aromatic N) is 4. The first-order valence-electron chi connectivity index (χ1n) is 7.59. The Labute approximate surface area is 124 Å². The van der Waals surface area contributed by atoms with Crippen LogP contribution in [0.5, 0.6) is 0 Å². The zero-order chi connectivity index (χ0) is 15.2. The van der Waals surface area contributed by atoms with Crippen molar-refractivity contribution in [2.45, 2.75) is 32.9 Å². The van der Waals surface area contributed by atoms with Crippen LogP contribution in [-0.2, 0) is 9.47 Å². The molecule has 0 amide bonds. The highest BCUT2D eigenvalue weighted by Crippen LogP contribution is 2.20. The molecule has 0 aromatic heterocycles. The Morgan fingerprint density at radius 3 is 2.90 bits per heavy atom. The molecule has 0 radical (unpaired) electrons. The van der Waals surface area contributed by atoms with Crippen molar-refractivity contribution in [3.8, 4) is 0 Å². The smallest absolute Gasteiger partial charge is 0.276 e. The average molecular weight is 300 g/mol. The molecular formula is C13H24N4O4. The van der Waals surface area contributed by atoms with Gasteiger partial charge < -0.3 is 19.3 Å². The summed E-state index contributed by atoms with van der Waals surface area (Å²) in [7, 11) is 0. The third-order valence-electron chi connectivity index (χ3n) is 3.88. The van der Waals surface area contributed by atoms with Crippen LogP contribution < -0.4 is 0 Å². The van der Waals surface area contributed by atoms with Gasteiger partial charge in [-0.1, -0.05) is 6.92 Å². The van der Waals surface area contributed by atoms with Crippen molar-refractivity contribution in [3.05, 3.63) is 10.1 Å². The van der Waals surface area contributed by atoms with E-state index in [0.29, 0.717) is 25.0 Å². The molecule has 0 aromatic rings. The van der Waals surface area contributed by atoms with Crippen molar-refractivity contribution in [2.75, 3.05) is 39.5 Å². The van der Waals surface area contributed by atoms with E-state index in [2.05, 4.69) is 5.10 Å². The van der Waals surface area contributed by atoms with Gasteiger partial charge >= 0.3 is 0 Å². The van der Waals surface area contributed by atoms with Crippen LogP contribution in [0.1, 0.15) is 26.7 Å². The minimum Gasteiger partial charge on any atom is -0.381 e. The molecule has 2 unspecified atom stereocenters. The highest BCUT2D eigenvalue weighted by atomic mass is 16.7. The second-order valence-electron chi connectivity index (χ2n) is 5.33. The van der Waals surface area contributed by atoms with E-state index in [-0.39, 0.29) is 6.23 Å². The summed E-state index contributed by atoms with van der Waals surface area (Å²) in [4.78, 5) is 14.7. The van der Waals surface area contributed by atoms with Crippen LogP contribution >= 0.6 is 0 Å². The molecule has 2 saturated heterocycles. The molecule has 0 N–H and O–H groups in total. The van der Waals surface area contributed by atoms with Crippen molar-refractivity contribution in [1.82, 2.24) is 9.80 Å². The minimum atomic E-state index is -0.621. The number of guanidine groups is 1. The molecule has 2 atom stereocenters. The topological polar surface area (TPSA) is 80.4 Å². The van der Waals surface area contributed by atoms with Gasteiger partial charge in [0.25, 0.3) is 5.96 Å². The molecule has 8 nitrogen and oxygen atoms in total. The van der Waals surface area contributed by atoms with Gasteiger partial charge in [0.2, 0.25) is 0 Å². The summed E-state index contributed by atoms with van der Waals surface area (Å²) in [6, 6.07) is 0. The first kappa shape index (κ1) is 16.0. The molecule has 21 heavy (non-hydrogen) atoms.